The van der Waals surface area contributed by atoms with Crippen molar-refractivity contribution in [1.29, 1.82) is 0 Å². The van der Waals surface area contributed by atoms with Crippen molar-refractivity contribution in [2.75, 3.05) is 14.1 Å². The first kappa shape index (κ1) is 11.9. The van der Waals surface area contributed by atoms with Crippen molar-refractivity contribution in [3.63, 3.8) is 0 Å². The molecule has 0 N–H and O–H groups in total. The Balaban J connectivity index is 2.20. The Bertz CT molecular complexity index is 466. The molecule has 2 aromatic carbocycles. The summed E-state index contributed by atoms with van der Waals surface area (Å²) in [7, 11) is 4.18. The second-order valence-corrected chi connectivity index (χ2v) is 4.80. The van der Waals surface area contributed by atoms with Gasteiger partial charge in [-0.3, -0.25) is 0 Å². The lowest BCUT2D eigenvalue weighted by molar-refractivity contribution is 0.402. The standard InChI is InChI=1S/C16H19N/c1-13-4-8-15(9-5-13)16-10-6-14(7-11-16)12-17(2)3/h4-11H,12H2,1-3H3. The van der Waals surface area contributed by atoms with Crippen LogP contribution in [0.4, 0.5) is 0 Å². The monoisotopic (exact) mass is 225 g/mol. The van der Waals surface area contributed by atoms with Crippen LogP contribution in [0.25, 0.3) is 11.1 Å². The highest BCUT2D eigenvalue weighted by molar-refractivity contribution is 5.63. The summed E-state index contributed by atoms with van der Waals surface area (Å²) in [5.41, 5.74) is 5.23. The van der Waals surface area contributed by atoms with E-state index in [1.54, 1.807) is 0 Å². The summed E-state index contributed by atoms with van der Waals surface area (Å²) in [6.07, 6.45) is 0. The smallest absolute Gasteiger partial charge is 0.0227 e. The summed E-state index contributed by atoms with van der Waals surface area (Å²) in [6.45, 7) is 3.11. The third-order valence-corrected chi connectivity index (χ3v) is 2.84. The Labute approximate surface area is 104 Å². The maximum Gasteiger partial charge on any atom is 0.0227 e. The number of hydrogen-bond acceptors (Lipinski definition) is 1. The van der Waals surface area contributed by atoms with E-state index in [-0.39, 0.29) is 0 Å². The molecule has 17 heavy (non-hydrogen) atoms. The molecular formula is C16H19N. The fourth-order valence-corrected chi connectivity index (χ4v) is 1.91. The van der Waals surface area contributed by atoms with Crippen LogP contribution in [-0.2, 0) is 6.54 Å². The van der Waals surface area contributed by atoms with Crippen molar-refractivity contribution < 1.29 is 0 Å². The molecule has 0 heterocycles. The van der Waals surface area contributed by atoms with Gasteiger partial charge in [0.1, 0.15) is 0 Å². The summed E-state index contributed by atoms with van der Waals surface area (Å²) < 4.78 is 0. The molecule has 0 saturated carbocycles. The van der Waals surface area contributed by atoms with Gasteiger partial charge in [-0.05, 0) is 37.7 Å². The largest absolute Gasteiger partial charge is 0.305 e. The number of hydrogen-bond donors (Lipinski definition) is 0. The van der Waals surface area contributed by atoms with Crippen LogP contribution < -0.4 is 0 Å². The molecule has 0 aromatic heterocycles. The van der Waals surface area contributed by atoms with Crippen LogP contribution in [0, 0.1) is 6.92 Å². The molecule has 2 aromatic rings. The SMILES string of the molecule is Cc1ccc(-c2ccc(CN(C)C)cc2)cc1. The molecular weight excluding hydrogens is 206 g/mol. The zero-order chi connectivity index (χ0) is 12.3. The predicted octanol–water partition coefficient (Wildman–Crippen LogP) is 3.72. The summed E-state index contributed by atoms with van der Waals surface area (Å²) >= 11 is 0. The topological polar surface area (TPSA) is 3.24 Å². The first-order valence-corrected chi connectivity index (χ1v) is 5.96. The van der Waals surface area contributed by atoms with E-state index >= 15 is 0 Å². The molecule has 0 aliphatic carbocycles. The summed E-state index contributed by atoms with van der Waals surface area (Å²) in [4.78, 5) is 2.18. The molecule has 0 unspecified atom stereocenters. The van der Waals surface area contributed by atoms with E-state index in [0.717, 1.165) is 6.54 Å². The molecule has 0 fully saturated rings. The maximum absolute atomic E-state index is 2.20. The molecule has 2 rings (SSSR count). The highest BCUT2D eigenvalue weighted by atomic mass is 15.0. The van der Waals surface area contributed by atoms with E-state index < -0.39 is 0 Å². The molecule has 0 spiro atoms. The summed E-state index contributed by atoms with van der Waals surface area (Å²) in [5, 5.41) is 0. The van der Waals surface area contributed by atoms with Crippen molar-refractivity contribution in [3.8, 4) is 11.1 Å². The Hall–Kier alpha value is -1.60. The van der Waals surface area contributed by atoms with E-state index in [4.69, 9.17) is 0 Å². The summed E-state index contributed by atoms with van der Waals surface area (Å²) in [5.74, 6) is 0. The number of benzene rings is 2. The second-order valence-electron chi connectivity index (χ2n) is 4.80. The van der Waals surface area contributed by atoms with Gasteiger partial charge in [0, 0.05) is 6.54 Å². The van der Waals surface area contributed by atoms with Gasteiger partial charge in [0.2, 0.25) is 0 Å². The Morgan fingerprint density at radius 1 is 0.765 bits per heavy atom. The van der Waals surface area contributed by atoms with Crippen LogP contribution in [0.1, 0.15) is 11.1 Å². The van der Waals surface area contributed by atoms with Crippen LogP contribution in [0.2, 0.25) is 0 Å². The number of aryl methyl sites for hydroxylation is 1. The molecule has 88 valence electrons. The molecule has 1 nitrogen and oxygen atoms in total. The third-order valence-electron chi connectivity index (χ3n) is 2.84. The van der Waals surface area contributed by atoms with Crippen molar-refractivity contribution in [3.05, 3.63) is 59.7 Å². The molecule has 0 bridgehead atoms. The van der Waals surface area contributed by atoms with Gasteiger partial charge in [-0.25, -0.2) is 0 Å². The molecule has 0 saturated heterocycles. The summed E-state index contributed by atoms with van der Waals surface area (Å²) in [6, 6.07) is 17.5. The maximum atomic E-state index is 2.20. The second kappa shape index (κ2) is 5.15. The Morgan fingerprint density at radius 2 is 1.24 bits per heavy atom. The first-order chi connectivity index (χ1) is 8.15. The number of nitrogens with zero attached hydrogens (tertiary/aromatic N) is 1. The average molecular weight is 225 g/mol. The minimum atomic E-state index is 0.994. The lowest BCUT2D eigenvalue weighted by atomic mass is 10.0. The molecule has 0 amide bonds. The lowest BCUT2D eigenvalue weighted by Crippen LogP contribution is -2.10. The quantitative estimate of drug-likeness (QED) is 0.769. The van der Waals surface area contributed by atoms with Gasteiger partial charge >= 0.3 is 0 Å². The Kier molecular flexibility index (Phi) is 3.60. The molecule has 0 aliphatic heterocycles. The van der Waals surface area contributed by atoms with Gasteiger partial charge < -0.3 is 4.90 Å². The van der Waals surface area contributed by atoms with Gasteiger partial charge in [-0.15, -0.1) is 0 Å². The van der Waals surface area contributed by atoms with Crippen LogP contribution in [0.5, 0.6) is 0 Å². The minimum Gasteiger partial charge on any atom is -0.305 e. The Morgan fingerprint density at radius 3 is 1.71 bits per heavy atom. The van der Waals surface area contributed by atoms with Gasteiger partial charge in [-0.2, -0.15) is 0 Å². The lowest BCUT2D eigenvalue weighted by Gasteiger charge is -2.10. The van der Waals surface area contributed by atoms with Gasteiger partial charge in [-0.1, -0.05) is 54.1 Å². The van der Waals surface area contributed by atoms with E-state index in [2.05, 4.69) is 74.4 Å². The van der Waals surface area contributed by atoms with E-state index in [1.165, 1.54) is 22.3 Å². The highest BCUT2D eigenvalue weighted by Crippen LogP contribution is 2.20. The molecule has 0 atom stereocenters. The van der Waals surface area contributed by atoms with Gasteiger partial charge in [0.25, 0.3) is 0 Å². The van der Waals surface area contributed by atoms with E-state index in [1.807, 2.05) is 0 Å². The molecule has 0 radical (unpaired) electrons. The van der Waals surface area contributed by atoms with Crippen molar-refractivity contribution in [1.82, 2.24) is 4.90 Å². The normalized spacial score (nSPS) is 10.8. The fourth-order valence-electron chi connectivity index (χ4n) is 1.91. The third kappa shape index (κ3) is 3.18. The van der Waals surface area contributed by atoms with Crippen LogP contribution in [-0.4, -0.2) is 19.0 Å². The first-order valence-electron chi connectivity index (χ1n) is 5.96. The zero-order valence-electron chi connectivity index (χ0n) is 10.8. The highest BCUT2D eigenvalue weighted by Gasteiger charge is 1.98. The molecule has 0 aliphatic rings. The van der Waals surface area contributed by atoms with Gasteiger partial charge in [0.15, 0.2) is 0 Å². The van der Waals surface area contributed by atoms with Crippen molar-refractivity contribution in [2.45, 2.75) is 13.5 Å². The van der Waals surface area contributed by atoms with E-state index in [0.29, 0.717) is 0 Å². The van der Waals surface area contributed by atoms with Crippen LogP contribution in [0.15, 0.2) is 48.5 Å². The minimum absolute atomic E-state index is 0.994. The van der Waals surface area contributed by atoms with Gasteiger partial charge in [0.05, 0.1) is 0 Å². The van der Waals surface area contributed by atoms with Crippen molar-refractivity contribution >= 4 is 0 Å². The van der Waals surface area contributed by atoms with E-state index in [9.17, 15) is 0 Å². The fraction of sp³-hybridized carbons (Fsp3) is 0.250. The number of rotatable bonds is 3. The zero-order valence-corrected chi connectivity index (χ0v) is 10.8. The predicted molar refractivity (Wildman–Crippen MR) is 74.0 cm³/mol. The average Bonchev–Trinajstić information content (AvgIpc) is 2.30. The van der Waals surface area contributed by atoms with Crippen LogP contribution in [0.3, 0.4) is 0 Å². The molecule has 1 heteroatoms. The van der Waals surface area contributed by atoms with Crippen molar-refractivity contribution in [2.24, 2.45) is 0 Å². The van der Waals surface area contributed by atoms with Crippen LogP contribution >= 0.6 is 0 Å².